The van der Waals surface area contributed by atoms with Crippen LogP contribution in [0.5, 0.6) is 11.5 Å². The van der Waals surface area contributed by atoms with E-state index >= 15 is 0 Å². The summed E-state index contributed by atoms with van der Waals surface area (Å²) in [6.45, 7) is 2.27. The fourth-order valence-corrected chi connectivity index (χ4v) is 1.90. The van der Waals surface area contributed by atoms with Crippen LogP contribution in [0.2, 0.25) is 0 Å². The van der Waals surface area contributed by atoms with Crippen molar-refractivity contribution in [1.82, 2.24) is 5.32 Å². The summed E-state index contributed by atoms with van der Waals surface area (Å²) < 4.78 is 13.7. The molecule has 1 atom stereocenters. The van der Waals surface area contributed by atoms with E-state index in [2.05, 4.69) is 5.32 Å². The number of halogens is 1. The number of phenolic OH excluding ortho intramolecular Hbond substituents is 2. The number of hydrogen-bond acceptors (Lipinski definition) is 3. The molecule has 0 fully saturated rings. The van der Waals surface area contributed by atoms with E-state index < -0.39 is 5.82 Å². The van der Waals surface area contributed by atoms with E-state index in [0.717, 1.165) is 11.6 Å². The van der Waals surface area contributed by atoms with Crippen molar-refractivity contribution in [2.75, 3.05) is 0 Å². The van der Waals surface area contributed by atoms with Crippen molar-refractivity contribution in [3.8, 4) is 11.5 Å². The molecule has 0 aliphatic rings. The molecular weight excluding hydrogens is 245 g/mol. The first-order valence-electron chi connectivity index (χ1n) is 6.06. The third-order valence-electron chi connectivity index (χ3n) is 3.04. The summed E-state index contributed by atoms with van der Waals surface area (Å²) >= 11 is 0. The molecule has 4 heteroatoms. The third kappa shape index (κ3) is 3.23. The van der Waals surface area contributed by atoms with Crippen molar-refractivity contribution in [3.63, 3.8) is 0 Å². The number of hydrogen-bond donors (Lipinski definition) is 3. The number of nitrogens with one attached hydrogen (secondary N) is 1. The zero-order valence-corrected chi connectivity index (χ0v) is 10.6. The second-order valence-corrected chi connectivity index (χ2v) is 4.44. The van der Waals surface area contributed by atoms with Crippen molar-refractivity contribution in [3.05, 3.63) is 59.4 Å². The summed E-state index contributed by atoms with van der Waals surface area (Å²) in [5.74, 6) is -0.320. The van der Waals surface area contributed by atoms with Crippen molar-refractivity contribution < 1.29 is 14.6 Å². The molecule has 1 unspecified atom stereocenters. The summed E-state index contributed by atoms with van der Waals surface area (Å²) in [5, 5.41) is 21.9. The van der Waals surface area contributed by atoms with E-state index in [0.29, 0.717) is 12.1 Å². The topological polar surface area (TPSA) is 52.5 Å². The van der Waals surface area contributed by atoms with Crippen molar-refractivity contribution in [1.29, 1.82) is 0 Å². The molecule has 0 saturated heterocycles. The fourth-order valence-electron chi connectivity index (χ4n) is 1.90. The maximum absolute atomic E-state index is 13.7. The predicted molar refractivity (Wildman–Crippen MR) is 71.4 cm³/mol. The Bertz CT molecular complexity index is 572. The van der Waals surface area contributed by atoms with E-state index in [1.807, 2.05) is 19.1 Å². The summed E-state index contributed by atoms with van der Waals surface area (Å²) in [7, 11) is 0. The zero-order chi connectivity index (χ0) is 13.8. The molecule has 0 radical (unpaired) electrons. The van der Waals surface area contributed by atoms with Crippen LogP contribution in [-0.2, 0) is 6.54 Å². The molecular formula is C15H16FNO2. The van der Waals surface area contributed by atoms with E-state index in [9.17, 15) is 14.6 Å². The Hall–Kier alpha value is -2.07. The van der Waals surface area contributed by atoms with Crippen LogP contribution in [-0.4, -0.2) is 10.2 Å². The number of para-hydroxylation sites is 1. The minimum Gasteiger partial charge on any atom is -0.508 e. The minimum absolute atomic E-state index is 0.0887. The van der Waals surface area contributed by atoms with Crippen LogP contribution in [0.25, 0.3) is 0 Å². The van der Waals surface area contributed by atoms with Gasteiger partial charge < -0.3 is 15.5 Å². The average molecular weight is 261 g/mol. The van der Waals surface area contributed by atoms with Gasteiger partial charge in [0.1, 0.15) is 17.3 Å². The van der Waals surface area contributed by atoms with Gasteiger partial charge in [-0.2, -0.15) is 0 Å². The molecule has 0 amide bonds. The standard InChI is InChI=1S/C15H16FNO2/c1-10(13-7-6-12(18)8-14(13)16)17-9-11-4-2-3-5-15(11)19/h2-8,10,17-19H,9H2,1H3. The molecule has 3 nitrogen and oxygen atoms in total. The first-order valence-corrected chi connectivity index (χ1v) is 6.06. The second kappa shape index (κ2) is 5.71. The number of rotatable bonds is 4. The van der Waals surface area contributed by atoms with Crippen LogP contribution in [0.15, 0.2) is 42.5 Å². The fraction of sp³-hybridized carbons (Fsp3) is 0.200. The lowest BCUT2D eigenvalue weighted by atomic mass is 10.1. The Kier molecular flexibility index (Phi) is 4.02. The summed E-state index contributed by atoms with van der Waals surface area (Å²) in [4.78, 5) is 0. The molecule has 100 valence electrons. The van der Waals surface area contributed by atoms with Gasteiger partial charge in [-0.25, -0.2) is 4.39 Å². The molecule has 0 saturated carbocycles. The first-order chi connectivity index (χ1) is 9.08. The predicted octanol–water partition coefficient (Wildman–Crippen LogP) is 3.09. The van der Waals surface area contributed by atoms with Crippen LogP contribution < -0.4 is 5.32 Å². The lowest BCUT2D eigenvalue weighted by Gasteiger charge is -2.15. The molecule has 2 rings (SSSR count). The Balaban J connectivity index is 2.05. The van der Waals surface area contributed by atoms with E-state index in [-0.39, 0.29) is 17.5 Å². The van der Waals surface area contributed by atoms with E-state index in [1.54, 1.807) is 18.2 Å². The molecule has 0 spiro atoms. The van der Waals surface area contributed by atoms with Crippen LogP contribution in [0, 0.1) is 5.82 Å². The van der Waals surface area contributed by atoms with Crippen molar-refractivity contribution >= 4 is 0 Å². The van der Waals surface area contributed by atoms with Gasteiger partial charge in [-0.1, -0.05) is 24.3 Å². The normalized spacial score (nSPS) is 12.3. The van der Waals surface area contributed by atoms with Crippen molar-refractivity contribution in [2.45, 2.75) is 19.5 Å². The highest BCUT2D eigenvalue weighted by Gasteiger charge is 2.11. The van der Waals surface area contributed by atoms with Gasteiger partial charge in [-0.05, 0) is 19.1 Å². The minimum atomic E-state index is -0.447. The molecule has 0 heterocycles. The van der Waals surface area contributed by atoms with Gasteiger partial charge in [0.2, 0.25) is 0 Å². The van der Waals surface area contributed by atoms with Gasteiger partial charge in [0.05, 0.1) is 0 Å². The Morgan fingerprint density at radius 1 is 1.16 bits per heavy atom. The second-order valence-electron chi connectivity index (χ2n) is 4.44. The molecule has 0 aliphatic carbocycles. The summed E-state index contributed by atoms with van der Waals surface area (Å²) in [6.07, 6.45) is 0. The Morgan fingerprint density at radius 3 is 2.58 bits per heavy atom. The number of aromatic hydroxyl groups is 2. The van der Waals surface area contributed by atoms with Crippen molar-refractivity contribution in [2.24, 2.45) is 0 Å². The lowest BCUT2D eigenvalue weighted by molar-refractivity contribution is 0.455. The Morgan fingerprint density at radius 2 is 1.89 bits per heavy atom. The molecule has 0 aliphatic heterocycles. The first kappa shape index (κ1) is 13.4. The zero-order valence-electron chi connectivity index (χ0n) is 10.6. The quantitative estimate of drug-likeness (QED) is 0.792. The van der Waals surface area contributed by atoms with Gasteiger partial charge in [-0.15, -0.1) is 0 Å². The van der Waals surface area contributed by atoms with Gasteiger partial charge in [0.25, 0.3) is 0 Å². The lowest BCUT2D eigenvalue weighted by Crippen LogP contribution is -2.19. The maximum Gasteiger partial charge on any atom is 0.131 e. The molecule has 19 heavy (non-hydrogen) atoms. The van der Waals surface area contributed by atoms with Gasteiger partial charge >= 0.3 is 0 Å². The molecule has 3 N–H and O–H groups in total. The molecule has 2 aromatic rings. The largest absolute Gasteiger partial charge is 0.508 e. The van der Waals surface area contributed by atoms with Crippen LogP contribution in [0.1, 0.15) is 24.1 Å². The maximum atomic E-state index is 13.7. The van der Waals surface area contributed by atoms with Crippen LogP contribution >= 0.6 is 0 Å². The van der Waals surface area contributed by atoms with Gasteiger partial charge in [0.15, 0.2) is 0 Å². The Labute approximate surface area is 111 Å². The highest BCUT2D eigenvalue weighted by Crippen LogP contribution is 2.22. The molecule has 0 bridgehead atoms. The smallest absolute Gasteiger partial charge is 0.131 e. The average Bonchev–Trinajstić information content (AvgIpc) is 2.37. The van der Waals surface area contributed by atoms with Gasteiger partial charge in [0, 0.05) is 29.8 Å². The monoisotopic (exact) mass is 261 g/mol. The highest BCUT2D eigenvalue weighted by molar-refractivity contribution is 5.32. The molecule has 2 aromatic carbocycles. The number of benzene rings is 2. The molecule has 0 aromatic heterocycles. The third-order valence-corrected chi connectivity index (χ3v) is 3.04. The summed E-state index contributed by atoms with van der Waals surface area (Å²) in [5.41, 5.74) is 1.24. The van der Waals surface area contributed by atoms with E-state index in [1.165, 1.54) is 6.07 Å². The SMILES string of the molecule is CC(NCc1ccccc1O)c1ccc(O)cc1F. The highest BCUT2D eigenvalue weighted by atomic mass is 19.1. The van der Waals surface area contributed by atoms with Gasteiger partial charge in [-0.3, -0.25) is 0 Å². The summed E-state index contributed by atoms with van der Waals surface area (Å²) in [6, 6.07) is 10.9. The van der Waals surface area contributed by atoms with E-state index in [4.69, 9.17) is 0 Å². The number of phenols is 2. The van der Waals surface area contributed by atoms with Crippen LogP contribution in [0.4, 0.5) is 4.39 Å². The van der Waals surface area contributed by atoms with Crippen LogP contribution in [0.3, 0.4) is 0 Å².